The molecule has 2 aromatic rings. The Morgan fingerprint density at radius 3 is 2.55 bits per heavy atom. The van der Waals surface area contributed by atoms with E-state index < -0.39 is 0 Å². The number of aromatic nitrogens is 4. The summed E-state index contributed by atoms with van der Waals surface area (Å²) in [6.07, 6.45) is 9.52. The molecule has 0 saturated heterocycles. The van der Waals surface area contributed by atoms with E-state index in [2.05, 4.69) is 20.1 Å². The van der Waals surface area contributed by atoms with E-state index in [1.165, 1.54) is 19.3 Å². The number of nitrogens with zero attached hydrogens (tertiary/aromatic N) is 4. The summed E-state index contributed by atoms with van der Waals surface area (Å²) in [4.78, 5) is 12.8. The van der Waals surface area contributed by atoms with Crippen LogP contribution in [-0.2, 0) is 0 Å². The van der Waals surface area contributed by atoms with Gasteiger partial charge in [-0.2, -0.15) is 4.98 Å². The van der Waals surface area contributed by atoms with E-state index in [9.17, 15) is 0 Å². The minimum atomic E-state index is -0.179. The second-order valence-corrected chi connectivity index (χ2v) is 5.46. The van der Waals surface area contributed by atoms with Crippen molar-refractivity contribution < 1.29 is 4.52 Å². The maximum absolute atomic E-state index is 6.25. The van der Waals surface area contributed by atoms with E-state index in [0.717, 1.165) is 18.4 Å². The van der Waals surface area contributed by atoms with Gasteiger partial charge >= 0.3 is 0 Å². The SMILES string of the molecule is Cc1cnc(-c2noc(C(N)C3CCCCC3)n2)nc1. The molecule has 0 radical (unpaired) electrons. The molecular weight excluding hydrogens is 254 g/mol. The number of nitrogens with two attached hydrogens (primary N) is 1. The van der Waals surface area contributed by atoms with Gasteiger partial charge in [-0.05, 0) is 31.2 Å². The van der Waals surface area contributed by atoms with Crippen molar-refractivity contribution in [2.45, 2.75) is 45.1 Å². The quantitative estimate of drug-likeness (QED) is 0.923. The highest BCUT2D eigenvalue weighted by atomic mass is 16.5. The minimum Gasteiger partial charge on any atom is -0.337 e. The smallest absolute Gasteiger partial charge is 0.244 e. The zero-order valence-corrected chi connectivity index (χ0v) is 11.6. The predicted octanol–water partition coefficient (Wildman–Crippen LogP) is 2.42. The van der Waals surface area contributed by atoms with E-state index in [-0.39, 0.29) is 6.04 Å². The lowest BCUT2D eigenvalue weighted by Crippen LogP contribution is -2.23. The highest BCUT2D eigenvalue weighted by Crippen LogP contribution is 2.32. The lowest BCUT2D eigenvalue weighted by molar-refractivity contribution is 0.255. The minimum absolute atomic E-state index is 0.179. The second-order valence-electron chi connectivity index (χ2n) is 5.46. The molecule has 0 amide bonds. The fourth-order valence-corrected chi connectivity index (χ4v) is 2.66. The fourth-order valence-electron chi connectivity index (χ4n) is 2.66. The Labute approximate surface area is 117 Å². The molecule has 0 spiro atoms. The van der Waals surface area contributed by atoms with Crippen molar-refractivity contribution in [3.8, 4) is 11.6 Å². The van der Waals surface area contributed by atoms with Crippen LogP contribution in [0.1, 0.15) is 49.6 Å². The van der Waals surface area contributed by atoms with E-state index >= 15 is 0 Å². The first-order chi connectivity index (χ1) is 9.74. The molecule has 1 unspecified atom stereocenters. The summed E-state index contributed by atoms with van der Waals surface area (Å²) >= 11 is 0. The molecule has 20 heavy (non-hydrogen) atoms. The Kier molecular flexibility index (Phi) is 3.73. The highest BCUT2D eigenvalue weighted by Gasteiger charge is 2.26. The molecule has 1 atom stereocenters. The Balaban J connectivity index is 1.77. The summed E-state index contributed by atoms with van der Waals surface area (Å²) in [6, 6.07) is -0.179. The van der Waals surface area contributed by atoms with Crippen LogP contribution in [0.15, 0.2) is 16.9 Å². The average molecular weight is 273 g/mol. The van der Waals surface area contributed by atoms with Crippen molar-refractivity contribution in [2.75, 3.05) is 0 Å². The van der Waals surface area contributed by atoms with Crippen LogP contribution in [-0.4, -0.2) is 20.1 Å². The normalized spacial score (nSPS) is 18.1. The van der Waals surface area contributed by atoms with Crippen LogP contribution >= 0.6 is 0 Å². The van der Waals surface area contributed by atoms with Crippen LogP contribution in [0.4, 0.5) is 0 Å². The Bertz CT molecular complexity index is 559. The molecule has 2 N–H and O–H groups in total. The third-order valence-electron chi connectivity index (χ3n) is 3.87. The first-order valence-corrected chi connectivity index (χ1v) is 7.12. The molecule has 0 aromatic carbocycles. The number of hydrogen-bond donors (Lipinski definition) is 1. The largest absolute Gasteiger partial charge is 0.337 e. The Hall–Kier alpha value is -1.82. The van der Waals surface area contributed by atoms with E-state index in [1.807, 2.05) is 6.92 Å². The molecule has 0 aliphatic heterocycles. The average Bonchev–Trinajstić information content (AvgIpc) is 2.98. The summed E-state index contributed by atoms with van der Waals surface area (Å²) in [5, 5.41) is 3.94. The molecule has 2 aromatic heterocycles. The van der Waals surface area contributed by atoms with Crippen LogP contribution in [0.25, 0.3) is 11.6 Å². The number of hydrogen-bond acceptors (Lipinski definition) is 6. The van der Waals surface area contributed by atoms with Crippen LogP contribution in [0.2, 0.25) is 0 Å². The molecular formula is C14H19N5O. The van der Waals surface area contributed by atoms with Crippen molar-refractivity contribution in [3.63, 3.8) is 0 Å². The molecule has 0 bridgehead atoms. The first kappa shape index (κ1) is 13.2. The van der Waals surface area contributed by atoms with Gasteiger partial charge in [0.05, 0.1) is 6.04 Å². The molecule has 2 heterocycles. The van der Waals surface area contributed by atoms with Crippen molar-refractivity contribution in [3.05, 3.63) is 23.8 Å². The Morgan fingerprint density at radius 2 is 1.85 bits per heavy atom. The highest BCUT2D eigenvalue weighted by molar-refractivity contribution is 5.41. The second kappa shape index (κ2) is 5.66. The van der Waals surface area contributed by atoms with Gasteiger partial charge in [0.1, 0.15) is 0 Å². The topological polar surface area (TPSA) is 90.7 Å². The molecule has 1 aliphatic carbocycles. The van der Waals surface area contributed by atoms with Crippen LogP contribution < -0.4 is 5.73 Å². The summed E-state index contributed by atoms with van der Waals surface area (Å²) < 4.78 is 5.30. The lowest BCUT2D eigenvalue weighted by atomic mass is 9.84. The van der Waals surface area contributed by atoms with E-state index in [1.54, 1.807) is 12.4 Å². The fraction of sp³-hybridized carbons (Fsp3) is 0.571. The summed E-state index contributed by atoms with van der Waals surface area (Å²) in [5.41, 5.74) is 7.24. The molecule has 6 nitrogen and oxygen atoms in total. The van der Waals surface area contributed by atoms with Gasteiger partial charge in [-0.3, -0.25) is 0 Å². The molecule has 1 aliphatic rings. The standard InChI is InChI=1S/C14H19N5O/c1-9-7-16-12(17-8-9)13-18-14(20-19-13)11(15)10-5-3-2-4-6-10/h7-8,10-11H,2-6,15H2,1H3. The zero-order chi connectivity index (χ0) is 13.9. The van der Waals surface area contributed by atoms with E-state index in [0.29, 0.717) is 23.5 Å². The summed E-state index contributed by atoms with van der Waals surface area (Å²) in [5.74, 6) is 1.82. The third kappa shape index (κ3) is 2.70. The predicted molar refractivity (Wildman–Crippen MR) is 73.6 cm³/mol. The summed E-state index contributed by atoms with van der Waals surface area (Å²) in [6.45, 7) is 1.93. The number of aryl methyl sites for hydroxylation is 1. The maximum atomic E-state index is 6.25. The van der Waals surface area contributed by atoms with Gasteiger partial charge in [0.2, 0.25) is 17.5 Å². The molecule has 3 rings (SSSR count). The van der Waals surface area contributed by atoms with Crippen molar-refractivity contribution in [2.24, 2.45) is 11.7 Å². The van der Waals surface area contributed by atoms with Crippen LogP contribution in [0.3, 0.4) is 0 Å². The van der Waals surface area contributed by atoms with E-state index in [4.69, 9.17) is 10.3 Å². The van der Waals surface area contributed by atoms with Crippen molar-refractivity contribution in [1.29, 1.82) is 0 Å². The van der Waals surface area contributed by atoms with Gasteiger partial charge in [0, 0.05) is 12.4 Å². The molecule has 1 saturated carbocycles. The van der Waals surface area contributed by atoms with Gasteiger partial charge in [0.15, 0.2) is 0 Å². The number of rotatable bonds is 3. The zero-order valence-electron chi connectivity index (χ0n) is 11.6. The third-order valence-corrected chi connectivity index (χ3v) is 3.87. The van der Waals surface area contributed by atoms with Crippen LogP contribution in [0.5, 0.6) is 0 Å². The monoisotopic (exact) mass is 273 g/mol. The molecule has 106 valence electrons. The van der Waals surface area contributed by atoms with Gasteiger partial charge < -0.3 is 10.3 Å². The maximum Gasteiger partial charge on any atom is 0.244 e. The van der Waals surface area contributed by atoms with Gasteiger partial charge in [-0.25, -0.2) is 9.97 Å². The van der Waals surface area contributed by atoms with Crippen molar-refractivity contribution in [1.82, 2.24) is 20.1 Å². The molecule has 6 heteroatoms. The summed E-state index contributed by atoms with van der Waals surface area (Å²) in [7, 11) is 0. The van der Waals surface area contributed by atoms with Gasteiger partial charge in [-0.15, -0.1) is 0 Å². The Morgan fingerprint density at radius 1 is 1.15 bits per heavy atom. The van der Waals surface area contributed by atoms with Crippen molar-refractivity contribution >= 4 is 0 Å². The van der Waals surface area contributed by atoms with Crippen LogP contribution in [0, 0.1) is 12.8 Å². The lowest BCUT2D eigenvalue weighted by Gasteiger charge is -2.24. The van der Waals surface area contributed by atoms with Gasteiger partial charge in [-0.1, -0.05) is 24.4 Å². The first-order valence-electron chi connectivity index (χ1n) is 7.12. The molecule has 1 fully saturated rings. The van der Waals surface area contributed by atoms with Gasteiger partial charge in [0.25, 0.3) is 0 Å².